The minimum absolute atomic E-state index is 0.624. The summed E-state index contributed by atoms with van der Waals surface area (Å²) in [5, 5.41) is 11.0. The van der Waals surface area contributed by atoms with Crippen LogP contribution in [0, 0.1) is 11.3 Å². The second kappa shape index (κ2) is 5.42. The molecular formula is C13H12BrN3S. The van der Waals surface area contributed by atoms with E-state index in [0.717, 1.165) is 16.7 Å². The van der Waals surface area contributed by atoms with Crippen molar-refractivity contribution in [1.29, 1.82) is 5.26 Å². The third-order valence-electron chi connectivity index (χ3n) is 2.59. The third-order valence-corrected chi connectivity index (χ3v) is 4.27. The molecule has 0 aliphatic heterocycles. The van der Waals surface area contributed by atoms with E-state index < -0.39 is 0 Å². The van der Waals surface area contributed by atoms with Crippen molar-refractivity contribution in [3.63, 3.8) is 0 Å². The number of hydrogen-bond donors (Lipinski definition) is 1. The molecule has 3 nitrogen and oxygen atoms in total. The summed E-state index contributed by atoms with van der Waals surface area (Å²) in [7, 11) is 1.97. The molecule has 0 amide bonds. The molecule has 0 aliphatic rings. The van der Waals surface area contributed by atoms with Crippen molar-refractivity contribution in [1.82, 2.24) is 0 Å². The van der Waals surface area contributed by atoms with Crippen LogP contribution in [0.25, 0.3) is 0 Å². The van der Waals surface area contributed by atoms with Crippen molar-refractivity contribution in [3.05, 3.63) is 44.6 Å². The highest BCUT2D eigenvalue weighted by molar-refractivity contribution is 9.10. The lowest BCUT2D eigenvalue weighted by Crippen LogP contribution is -2.17. The second-order valence-corrected chi connectivity index (χ2v) is 5.88. The smallest absolute Gasteiger partial charge is 0.0992 e. The molecule has 0 saturated heterocycles. The van der Waals surface area contributed by atoms with Gasteiger partial charge in [0.2, 0.25) is 0 Å². The van der Waals surface area contributed by atoms with Crippen LogP contribution in [0.3, 0.4) is 0 Å². The van der Waals surface area contributed by atoms with Gasteiger partial charge in [0.25, 0.3) is 0 Å². The minimum Gasteiger partial charge on any atom is -0.397 e. The van der Waals surface area contributed by atoms with Crippen LogP contribution in [0.5, 0.6) is 0 Å². The van der Waals surface area contributed by atoms with Crippen molar-refractivity contribution in [2.45, 2.75) is 6.54 Å². The summed E-state index contributed by atoms with van der Waals surface area (Å²) in [6, 6.07) is 9.54. The van der Waals surface area contributed by atoms with E-state index in [-0.39, 0.29) is 0 Å². The van der Waals surface area contributed by atoms with Crippen LogP contribution in [-0.4, -0.2) is 7.05 Å². The van der Waals surface area contributed by atoms with E-state index in [4.69, 9.17) is 11.0 Å². The van der Waals surface area contributed by atoms with Gasteiger partial charge in [0, 0.05) is 21.8 Å². The van der Waals surface area contributed by atoms with E-state index in [9.17, 15) is 0 Å². The summed E-state index contributed by atoms with van der Waals surface area (Å²) < 4.78 is 1.09. The molecule has 0 atom stereocenters. The second-order valence-electron chi connectivity index (χ2n) is 3.97. The fourth-order valence-corrected chi connectivity index (χ4v) is 3.20. The molecule has 2 aromatic rings. The highest BCUT2D eigenvalue weighted by atomic mass is 79.9. The van der Waals surface area contributed by atoms with Gasteiger partial charge in [-0.15, -0.1) is 11.3 Å². The number of nitriles is 1. The fourth-order valence-electron chi connectivity index (χ4n) is 1.70. The molecule has 2 rings (SSSR count). The average Bonchev–Trinajstić information content (AvgIpc) is 2.75. The van der Waals surface area contributed by atoms with Gasteiger partial charge >= 0.3 is 0 Å². The highest BCUT2D eigenvalue weighted by Crippen LogP contribution is 2.27. The van der Waals surface area contributed by atoms with Crippen molar-refractivity contribution in [2.75, 3.05) is 17.7 Å². The van der Waals surface area contributed by atoms with E-state index in [1.54, 1.807) is 23.5 Å². The molecule has 1 aromatic heterocycles. The number of benzene rings is 1. The predicted molar refractivity (Wildman–Crippen MR) is 79.7 cm³/mol. The van der Waals surface area contributed by atoms with Crippen molar-refractivity contribution >= 4 is 38.6 Å². The number of halogens is 1. The van der Waals surface area contributed by atoms with Crippen LogP contribution in [-0.2, 0) is 6.54 Å². The predicted octanol–water partition coefficient (Wildman–Crippen LogP) is 3.60. The minimum atomic E-state index is 0.624. The van der Waals surface area contributed by atoms with E-state index in [2.05, 4.69) is 38.3 Å². The summed E-state index contributed by atoms with van der Waals surface area (Å²) in [5.41, 5.74) is 8.15. The zero-order chi connectivity index (χ0) is 13.1. The fraction of sp³-hybridized carbons (Fsp3) is 0.154. The Hall–Kier alpha value is -1.51. The Balaban J connectivity index is 2.23. The number of nitrogens with zero attached hydrogens (tertiary/aromatic N) is 2. The van der Waals surface area contributed by atoms with E-state index >= 15 is 0 Å². The maximum atomic E-state index is 8.91. The number of hydrogen-bond acceptors (Lipinski definition) is 4. The van der Waals surface area contributed by atoms with Gasteiger partial charge in [-0.25, -0.2) is 0 Å². The zero-order valence-electron chi connectivity index (χ0n) is 9.85. The summed E-state index contributed by atoms with van der Waals surface area (Å²) in [5.74, 6) is 0. The van der Waals surface area contributed by atoms with Gasteiger partial charge < -0.3 is 10.6 Å². The molecule has 1 heterocycles. The molecule has 0 saturated carbocycles. The normalized spacial score (nSPS) is 10.1. The summed E-state index contributed by atoms with van der Waals surface area (Å²) in [4.78, 5) is 3.29. The Morgan fingerprint density at radius 2 is 2.22 bits per heavy atom. The first-order chi connectivity index (χ1) is 8.60. The van der Waals surface area contributed by atoms with E-state index in [0.29, 0.717) is 11.3 Å². The Morgan fingerprint density at radius 3 is 2.83 bits per heavy atom. The van der Waals surface area contributed by atoms with Crippen molar-refractivity contribution in [3.8, 4) is 6.07 Å². The topological polar surface area (TPSA) is 53.0 Å². The SMILES string of the molecule is CN(Cc1cc(Br)cs1)c1cc(C#N)ccc1N. The van der Waals surface area contributed by atoms with Crippen LogP contribution in [0.1, 0.15) is 10.4 Å². The Labute approximate surface area is 119 Å². The molecule has 0 spiro atoms. The molecule has 0 aliphatic carbocycles. The van der Waals surface area contributed by atoms with E-state index in [1.807, 2.05) is 13.1 Å². The van der Waals surface area contributed by atoms with Gasteiger partial charge in [-0.2, -0.15) is 5.26 Å². The number of rotatable bonds is 3. The number of nitrogen functional groups attached to an aromatic ring is 1. The van der Waals surface area contributed by atoms with Crippen LogP contribution < -0.4 is 10.6 Å². The van der Waals surface area contributed by atoms with Gasteiger partial charge in [-0.3, -0.25) is 0 Å². The summed E-state index contributed by atoms with van der Waals surface area (Å²) in [6.07, 6.45) is 0. The summed E-state index contributed by atoms with van der Waals surface area (Å²) >= 11 is 5.13. The first-order valence-corrected chi connectivity index (χ1v) is 7.01. The Morgan fingerprint density at radius 1 is 1.44 bits per heavy atom. The molecule has 0 unspecified atom stereocenters. The molecular weight excluding hydrogens is 310 g/mol. The molecule has 2 N–H and O–H groups in total. The molecule has 92 valence electrons. The third kappa shape index (κ3) is 2.84. The largest absolute Gasteiger partial charge is 0.397 e. The van der Waals surface area contributed by atoms with Crippen molar-refractivity contribution < 1.29 is 0 Å². The highest BCUT2D eigenvalue weighted by Gasteiger charge is 2.08. The lowest BCUT2D eigenvalue weighted by atomic mass is 10.1. The van der Waals surface area contributed by atoms with Crippen LogP contribution in [0.4, 0.5) is 11.4 Å². The molecule has 1 aromatic carbocycles. The number of thiophene rings is 1. The van der Waals surface area contributed by atoms with Gasteiger partial charge in [-0.1, -0.05) is 0 Å². The van der Waals surface area contributed by atoms with Crippen LogP contribution >= 0.6 is 27.3 Å². The monoisotopic (exact) mass is 321 g/mol. The Kier molecular flexibility index (Phi) is 3.90. The lowest BCUT2D eigenvalue weighted by Gasteiger charge is -2.20. The van der Waals surface area contributed by atoms with E-state index in [1.165, 1.54) is 4.88 Å². The van der Waals surface area contributed by atoms with Gasteiger partial charge in [0.05, 0.1) is 29.6 Å². The van der Waals surface area contributed by atoms with Crippen LogP contribution in [0.15, 0.2) is 34.1 Å². The van der Waals surface area contributed by atoms with Gasteiger partial charge in [0.15, 0.2) is 0 Å². The molecule has 0 fully saturated rings. The number of nitrogens with two attached hydrogens (primary N) is 1. The molecule has 18 heavy (non-hydrogen) atoms. The average molecular weight is 322 g/mol. The molecule has 5 heteroatoms. The zero-order valence-corrected chi connectivity index (χ0v) is 12.3. The quantitative estimate of drug-likeness (QED) is 0.879. The standard InChI is InChI=1S/C13H12BrN3S/c1-17(7-11-5-10(14)8-18-11)13-4-9(6-15)2-3-12(13)16/h2-5,8H,7,16H2,1H3. The maximum Gasteiger partial charge on any atom is 0.0992 e. The first-order valence-electron chi connectivity index (χ1n) is 5.34. The molecule has 0 bridgehead atoms. The lowest BCUT2D eigenvalue weighted by molar-refractivity contribution is 0.941. The van der Waals surface area contributed by atoms with Gasteiger partial charge in [0.1, 0.15) is 0 Å². The Bertz CT molecular complexity index is 601. The van der Waals surface area contributed by atoms with Crippen molar-refractivity contribution in [2.24, 2.45) is 0 Å². The molecule has 0 radical (unpaired) electrons. The van der Waals surface area contributed by atoms with Gasteiger partial charge in [-0.05, 0) is 40.2 Å². The number of anilines is 2. The van der Waals surface area contributed by atoms with Crippen LogP contribution in [0.2, 0.25) is 0 Å². The summed E-state index contributed by atoms with van der Waals surface area (Å²) in [6.45, 7) is 0.773. The first kappa shape index (κ1) is 12.9. The maximum absolute atomic E-state index is 8.91.